The molecule has 1 saturated heterocycles. The van der Waals surface area contributed by atoms with Crippen molar-refractivity contribution >= 4 is 29.0 Å². The third kappa shape index (κ3) is 5.81. The van der Waals surface area contributed by atoms with Gasteiger partial charge in [0.15, 0.2) is 5.78 Å². The normalized spacial score (nSPS) is 15.0. The Morgan fingerprint density at radius 1 is 0.897 bits per heavy atom. The second kappa shape index (κ2) is 10.4. The minimum absolute atomic E-state index is 0. The van der Waals surface area contributed by atoms with Crippen molar-refractivity contribution in [3.05, 3.63) is 78.4 Å². The van der Waals surface area contributed by atoms with E-state index in [9.17, 15) is 4.79 Å². The van der Waals surface area contributed by atoms with Crippen LogP contribution in [0.25, 0.3) is 10.8 Å². The molecule has 0 saturated carbocycles. The topological polar surface area (TPSA) is 29.5 Å². The van der Waals surface area contributed by atoms with Crippen molar-refractivity contribution in [1.29, 1.82) is 0 Å². The van der Waals surface area contributed by atoms with Gasteiger partial charge >= 0.3 is 0 Å². The van der Waals surface area contributed by atoms with Gasteiger partial charge in [0.25, 0.3) is 0 Å². The molecule has 0 atom stereocenters. The Morgan fingerprint density at radius 2 is 1.59 bits per heavy atom. The quantitative estimate of drug-likeness (QED) is 0.464. The molecule has 29 heavy (non-hydrogen) atoms. The number of carbonyl (C=O) groups is 1. The summed E-state index contributed by atoms with van der Waals surface area (Å²) in [5.41, 5.74) is 0.824. The molecule has 3 nitrogen and oxygen atoms in total. The third-order valence-corrected chi connectivity index (χ3v) is 5.53. The number of fused-ring (bicyclic) bond motifs is 1. The summed E-state index contributed by atoms with van der Waals surface area (Å²) < 4.78 is 6.23. The Hall–Kier alpha value is -2.36. The van der Waals surface area contributed by atoms with Gasteiger partial charge in [0, 0.05) is 25.1 Å². The molecule has 0 unspecified atom stereocenters. The van der Waals surface area contributed by atoms with Crippen LogP contribution in [0.5, 0.6) is 5.75 Å². The van der Waals surface area contributed by atoms with E-state index in [0.717, 1.165) is 50.2 Å². The van der Waals surface area contributed by atoms with Crippen LogP contribution in [0.3, 0.4) is 0 Å². The molecular formula is C25H28ClNO2. The maximum Gasteiger partial charge on any atom is 0.162 e. The summed E-state index contributed by atoms with van der Waals surface area (Å²) in [5, 5.41) is 2.47. The van der Waals surface area contributed by atoms with Crippen molar-refractivity contribution in [3.63, 3.8) is 0 Å². The molecule has 152 valence electrons. The summed E-state index contributed by atoms with van der Waals surface area (Å²) in [6.07, 6.45) is 3.91. The number of likely N-dealkylation sites (tertiary alicyclic amines) is 1. The maximum absolute atomic E-state index is 12.2. The molecule has 0 aliphatic carbocycles. The fourth-order valence-electron chi connectivity index (χ4n) is 3.92. The van der Waals surface area contributed by atoms with Crippen molar-refractivity contribution in [2.75, 3.05) is 19.6 Å². The van der Waals surface area contributed by atoms with Crippen molar-refractivity contribution in [2.45, 2.75) is 31.8 Å². The number of rotatable bonds is 7. The highest BCUT2D eigenvalue weighted by Crippen LogP contribution is 2.24. The zero-order valence-corrected chi connectivity index (χ0v) is 17.4. The van der Waals surface area contributed by atoms with E-state index in [2.05, 4.69) is 47.4 Å². The van der Waals surface area contributed by atoms with Crippen molar-refractivity contribution < 1.29 is 9.53 Å². The van der Waals surface area contributed by atoms with Crippen LogP contribution in [0.4, 0.5) is 0 Å². The molecule has 4 rings (SSSR count). The molecule has 0 N–H and O–H groups in total. The summed E-state index contributed by atoms with van der Waals surface area (Å²) in [5.74, 6) is 1.21. The van der Waals surface area contributed by atoms with Crippen LogP contribution in [-0.2, 0) is 0 Å². The molecule has 3 aromatic rings. The average molecular weight is 410 g/mol. The van der Waals surface area contributed by atoms with E-state index in [-0.39, 0.29) is 24.3 Å². The van der Waals surface area contributed by atoms with E-state index in [0.29, 0.717) is 6.42 Å². The van der Waals surface area contributed by atoms with Crippen LogP contribution < -0.4 is 4.74 Å². The number of piperidine rings is 1. The lowest BCUT2D eigenvalue weighted by Gasteiger charge is -2.32. The van der Waals surface area contributed by atoms with Gasteiger partial charge in [0.1, 0.15) is 11.9 Å². The summed E-state index contributed by atoms with van der Waals surface area (Å²) in [6.45, 7) is 3.07. The molecule has 1 aliphatic heterocycles. The zero-order chi connectivity index (χ0) is 19.2. The fraction of sp³-hybridized carbons (Fsp3) is 0.320. The lowest BCUT2D eigenvalue weighted by atomic mass is 10.0. The van der Waals surface area contributed by atoms with Crippen molar-refractivity contribution in [2.24, 2.45) is 0 Å². The molecule has 0 radical (unpaired) electrons. The Morgan fingerprint density at radius 3 is 2.34 bits per heavy atom. The molecule has 1 fully saturated rings. The fourth-order valence-corrected chi connectivity index (χ4v) is 3.92. The van der Waals surface area contributed by atoms with E-state index in [1.165, 1.54) is 10.8 Å². The molecular weight excluding hydrogens is 382 g/mol. The van der Waals surface area contributed by atoms with E-state index in [4.69, 9.17) is 4.74 Å². The van der Waals surface area contributed by atoms with Gasteiger partial charge in [0.2, 0.25) is 0 Å². The van der Waals surface area contributed by atoms with E-state index < -0.39 is 0 Å². The number of ketones is 1. The third-order valence-electron chi connectivity index (χ3n) is 5.53. The van der Waals surface area contributed by atoms with Gasteiger partial charge in [-0.15, -0.1) is 12.4 Å². The standard InChI is InChI=1S/C25H27NO2.ClH/c27-25(21-8-2-1-3-9-21)11-6-16-26-17-14-23(15-18-26)28-24-13-12-20-7-4-5-10-22(20)19-24;/h1-5,7-10,12-13,19,23H,6,11,14-18H2;1H. The Labute approximate surface area is 179 Å². The first-order chi connectivity index (χ1) is 13.8. The van der Waals surface area contributed by atoms with Crippen LogP contribution in [0.15, 0.2) is 72.8 Å². The molecule has 0 aromatic heterocycles. The second-order valence-electron chi connectivity index (χ2n) is 7.56. The molecule has 1 heterocycles. The van der Waals surface area contributed by atoms with Gasteiger partial charge in [0.05, 0.1) is 0 Å². The smallest absolute Gasteiger partial charge is 0.162 e. The number of carbonyl (C=O) groups excluding carboxylic acids is 1. The molecule has 0 spiro atoms. The highest BCUT2D eigenvalue weighted by Gasteiger charge is 2.20. The number of nitrogens with zero attached hydrogens (tertiary/aromatic N) is 1. The van der Waals surface area contributed by atoms with Crippen LogP contribution >= 0.6 is 12.4 Å². The number of hydrogen-bond donors (Lipinski definition) is 0. The number of ether oxygens (including phenoxy) is 1. The summed E-state index contributed by atoms with van der Waals surface area (Å²) in [4.78, 5) is 14.7. The highest BCUT2D eigenvalue weighted by atomic mass is 35.5. The van der Waals surface area contributed by atoms with Crippen LogP contribution in [0.1, 0.15) is 36.0 Å². The highest BCUT2D eigenvalue weighted by molar-refractivity contribution is 5.95. The first-order valence-corrected chi connectivity index (χ1v) is 10.2. The Balaban J connectivity index is 0.00000240. The van der Waals surface area contributed by atoms with Crippen molar-refractivity contribution in [3.8, 4) is 5.75 Å². The first kappa shape index (κ1) is 21.4. The Kier molecular flexibility index (Phi) is 7.68. The van der Waals surface area contributed by atoms with Crippen LogP contribution in [-0.4, -0.2) is 36.4 Å². The minimum atomic E-state index is 0. The molecule has 1 aliphatic rings. The number of benzene rings is 3. The van der Waals surface area contributed by atoms with E-state index in [1.54, 1.807) is 0 Å². The molecule has 3 aromatic carbocycles. The second-order valence-corrected chi connectivity index (χ2v) is 7.56. The zero-order valence-electron chi connectivity index (χ0n) is 16.6. The van der Waals surface area contributed by atoms with Gasteiger partial charge < -0.3 is 9.64 Å². The molecule has 0 bridgehead atoms. The minimum Gasteiger partial charge on any atom is -0.490 e. The summed E-state index contributed by atoms with van der Waals surface area (Å²) >= 11 is 0. The van der Waals surface area contributed by atoms with Gasteiger partial charge in [-0.05, 0) is 48.7 Å². The lowest BCUT2D eigenvalue weighted by Crippen LogP contribution is -2.38. The number of halogens is 1. The summed E-state index contributed by atoms with van der Waals surface area (Å²) in [7, 11) is 0. The summed E-state index contributed by atoms with van der Waals surface area (Å²) in [6, 6.07) is 24.3. The predicted octanol–water partition coefficient (Wildman–Crippen LogP) is 5.77. The first-order valence-electron chi connectivity index (χ1n) is 10.2. The van der Waals surface area contributed by atoms with Gasteiger partial charge in [-0.1, -0.05) is 60.7 Å². The number of Topliss-reactive ketones (excluding diaryl/α,β-unsaturated/α-hetero) is 1. The predicted molar refractivity (Wildman–Crippen MR) is 121 cm³/mol. The van der Waals surface area contributed by atoms with Crippen molar-refractivity contribution in [1.82, 2.24) is 4.90 Å². The van der Waals surface area contributed by atoms with E-state index >= 15 is 0 Å². The van der Waals surface area contributed by atoms with Gasteiger partial charge in [-0.25, -0.2) is 0 Å². The average Bonchev–Trinajstić information content (AvgIpc) is 2.75. The molecule has 0 amide bonds. The maximum atomic E-state index is 12.2. The van der Waals surface area contributed by atoms with Gasteiger partial charge in [-0.3, -0.25) is 4.79 Å². The lowest BCUT2D eigenvalue weighted by molar-refractivity contribution is 0.0921. The largest absolute Gasteiger partial charge is 0.490 e. The number of hydrogen-bond acceptors (Lipinski definition) is 3. The van der Waals surface area contributed by atoms with Gasteiger partial charge in [-0.2, -0.15) is 0 Å². The SMILES string of the molecule is Cl.O=C(CCCN1CCC(Oc2ccc3ccccc3c2)CC1)c1ccccc1. The molecule has 4 heteroatoms. The van der Waals surface area contributed by atoms with E-state index in [1.807, 2.05) is 30.3 Å². The Bertz CT molecular complexity index is 920. The van der Waals surface area contributed by atoms with Crippen LogP contribution in [0, 0.1) is 0 Å². The van der Waals surface area contributed by atoms with Crippen LogP contribution in [0.2, 0.25) is 0 Å². The monoisotopic (exact) mass is 409 g/mol.